The first-order valence-electron chi connectivity index (χ1n) is 6.16. The maximum absolute atomic E-state index is 11.2. The fraction of sp³-hybridized carbons (Fsp3) is 0.429. The topological polar surface area (TPSA) is 44.8 Å². The van der Waals surface area contributed by atoms with E-state index >= 15 is 0 Å². The fourth-order valence-electron chi connectivity index (χ4n) is 1.50. The normalized spacial score (nSPS) is 11.8. The largest absolute Gasteiger partial charge is 0.482 e. The number of rotatable bonds is 8. The number of carbonyl (C=O) groups is 1. The van der Waals surface area contributed by atoms with Gasteiger partial charge < -0.3 is 14.2 Å². The average Bonchev–Trinajstić information content (AvgIpc) is 2.45. The van der Waals surface area contributed by atoms with E-state index in [4.69, 9.17) is 26.4 Å². The highest BCUT2D eigenvalue weighted by Gasteiger charge is 2.12. The Balaban J connectivity index is 2.55. The Bertz CT molecular complexity index is 445. The highest BCUT2D eigenvalue weighted by Crippen LogP contribution is 2.24. The quantitative estimate of drug-likeness (QED) is 0.454. The van der Waals surface area contributed by atoms with Gasteiger partial charge in [-0.05, 0) is 24.6 Å². The summed E-state index contributed by atoms with van der Waals surface area (Å²) in [6.07, 6.45) is 0. The summed E-state index contributed by atoms with van der Waals surface area (Å²) in [5.74, 6) is 0.213. The van der Waals surface area contributed by atoms with Gasteiger partial charge in [-0.1, -0.05) is 24.4 Å². The number of benzene rings is 1. The van der Waals surface area contributed by atoms with Crippen molar-refractivity contribution in [2.45, 2.75) is 12.2 Å². The first-order chi connectivity index (χ1) is 9.58. The molecule has 1 aromatic carbocycles. The predicted molar refractivity (Wildman–Crippen MR) is 84.8 cm³/mol. The zero-order chi connectivity index (χ0) is 15.0. The van der Waals surface area contributed by atoms with E-state index in [1.807, 2.05) is 12.1 Å². The van der Waals surface area contributed by atoms with Gasteiger partial charge >= 0.3 is 5.97 Å². The molecule has 110 valence electrons. The molecule has 1 unspecified atom stereocenters. The molecule has 6 heteroatoms. The van der Waals surface area contributed by atoms with E-state index in [0.29, 0.717) is 19.0 Å². The lowest BCUT2D eigenvalue weighted by Gasteiger charge is -2.13. The van der Waals surface area contributed by atoms with Crippen molar-refractivity contribution >= 4 is 35.7 Å². The standard InChI is InChI=1S/C14H18O4S2/c1-3-17-13(15)9-18-11-6-4-10(5-7-11)14(20)12(19)8-16-2/h4-7,14,20H,3,8-9H2,1-2H3. The minimum atomic E-state index is -0.384. The molecule has 0 fully saturated rings. The third-order valence-electron chi connectivity index (χ3n) is 2.45. The molecule has 0 amide bonds. The van der Waals surface area contributed by atoms with Gasteiger partial charge in [0.15, 0.2) is 6.61 Å². The Kier molecular flexibility index (Phi) is 7.58. The molecule has 0 saturated heterocycles. The van der Waals surface area contributed by atoms with Gasteiger partial charge in [0, 0.05) is 12.0 Å². The van der Waals surface area contributed by atoms with Crippen LogP contribution in [0, 0.1) is 0 Å². The summed E-state index contributed by atoms with van der Waals surface area (Å²) >= 11 is 9.67. The molecule has 0 heterocycles. The molecule has 1 aromatic rings. The second kappa shape index (κ2) is 8.94. The molecule has 0 N–H and O–H groups in total. The van der Waals surface area contributed by atoms with Gasteiger partial charge in [-0.25, -0.2) is 4.79 Å². The maximum Gasteiger partial charge on any atom is 0.344 e. The van der Waals surface area contributed by atoms with Crippen molar-refractivity contribution in [3.8, 4) is 5.75 Å². The third-order valence-corrected chi connectivity index (χ3v) is 3.59. The first-order valence-corrected chi connectivity index (χ1v) is 7.09. The van der Waals surface area contributed by atoms with Crippen LogP contribution in [0.25, 0.3) is 0 Å². The van der Waals surface area contributed by atoms with E-state index in [1.54, 1.807) is 26.2 Å². The van der Waals surface area contributed by atoms with Crippen LogP contribution in [0.5, 0.6) is 5.75 Å². The van der Waals surface area contributed by atoms with Gasteiger partial charge in [-0.15, -0.1) is 0 Å². The molecule has 4 nitrogen and oxygen atoms in total. The fourth-order valence-corrected chi connectivity index (χ4v) is 2.00. The maximum atomic E-state index is 11.2. The number of hydrogen-bond acceptors (Lipinski definition) is 6. The van der Waals surface area contributed by atoms with E-state index in [0.717, 1.165) is 10.4 Å². The lowest BCUT2D eigenvalue weighted by atomic mass is 10.1. The van der Waals surface area contributed by atoms with Crippen LogP contribution in [0.2, 0.25) is 0 Å². The van der Waals surface area contributed by atoms with Gasteiger partial charge in [-0.2, -0.15) is 12.6 Å². The van der Waals surface area contributed by atoms with Crippen molar-refractivity contribution in [1.29, 1.82) is 0 Å². The number of ether oxygens (including phenoxy) is 3. The number of esters is 1. The van der Waals surface area contributed by atoms with Crippen LogP contribution in [0.15, 0.2) is 24.3 Å². The second-order valence-corrected chi connectivity index (χ2v) is 5.01. The van der Waals surface area contributed by atoms with Gasteiger partial charge in [0.1, 0.15) is 5.75 Å². The number of carbonyl (C=O) groups excluding carboxylic acids is 1. The predicted octanol–water partition coefficient (Wildman–Crippen LogP) is 2.62. The zero-order valence-corrected chi connectivity index (χ0v) is 13.2. The highest BCUT2D eigenvalue weighted by molar-refractivity contribution is 7.86. The Hall–Kier alpha value is -1.11. The molecule has 1 atom stereocenters. The van der Waals surface area contributed by atoms with Crippen LogP contribution in [0.1, 0.15) is 17.7 Å². The lowest BCUT2D eigenvalue weighted by molar-refractivity contribution is -0.145. The molecular formula is C14H18O4S2. The lowest BCUT2D eigenvalue weighted by Crippen LogP contribution is -2.14. The van der Waals surface area contributed by atoms with E-state index in [2.05, 4.69) is 12.6 Å². The smallest absolute Gasteiger partial charge is 0.344 e. The molecule has 0 aliphatic rings. The summed E-state index contributed by atoms with van der Waals surface area (Å²) in [7, 11) is 1.60. The van der Waals surface area contributed by atoms with Crippen LogP contribution in [-0.4, -0.2) is 37.8 Å². The summed E-state index contributed by atoms with van der Waals surface area (Å²) < 4.78 is 15.1. The van der Waals surface area contributed by atoms with Crippen LogP contribution in [-0.2, 0) is 14.3 Å². The number of methoxy groups -OCH3 is 1. The minimum Gasteiger partial charge on any atom is -0.482 e. The summed E-state index contributed by atoms with van der Waals surface area (Å²) in [6.45, 7) is 2.39. The Labute approximate surface area is 129 Å². The zero-order valence-electron chi connectivity index (χ0n) is 11.5. The average molecular weight is 314 g/mol. The third kappa shape index (κ3) is 5.48. The molecule has 20 heavy (non-hydrogen) atoms. The SMILES string of the molecule is CCOC(=O)COc1ccc(C(S)C(=S)COC)cc1. The van der Waals surface area contributed by atoms with Crippen LogP contribution < -0.4 is 4.74 Å². The molecule has 0 saturated carbocycles. The second-order valence-electron chi connectivity index (χ2n) is 3.96. The van der Waals surface area contributed by atoms with E-state index < -0.39 is 0 Å². The monoisotopic (exact) mass is 314 g/mol. The molecule has 0 spiro atoms. The van der Waals surface area contributed by atoms with Gasteiger partial charge in [-0.3, -0.25) is 0 Å². The molecule has 0 aromatic heterocycles. The summed E-state index contributed by atoms with van der Waals surface area (Å²) in [5.41, 5.74) is 0.957. The number of hydrogen-bond donors (Lipinski definition) is 1. The van der Waals surface area contributed by atoms with Crippen LogP contribution in [0.4, 0.5) is 0 Å². The molecule has 0 aliphatic heterocycles. The summed E-state index contributed by atoms with van der Waals surface area (Å²) in [5, 5.41) is -0.163. The number of thiocarbonyl (C=S) groups is 1. The minimum absolute atomic E-state index is 0.0976. The van der Waals surface area contributed by atoms with Crippen molar-refractivity contribution < 1.29 is 19.0 Å². The van der Waals surface area contributed by atoms with Gasteiger partial charge in [0.05, 0.1) is 18.5 Å². The van der Waals surface area contributed by atoms with Crippen molar-refractivity contribution in [2.24, 2.45) is 0 Å². The van der Waals surface area contributed by atoms with Crippen LogP contribution >= 0.6 is 24.8 Å². The van der Waals surface area contributed by atoms with E-state index in [-0.39, 0.29) is 17.8 Å². The van der Waals surface area contributed by atoms with Gasteiger partial charge in [0.2, 0.25) is 0 Å². The van der Waals surface area contributed by atoms with Crippen molar-refractivity contribution in [2.75, 3.05) is 26.9 Å². The Morgan fingerprint density at radius 3 is 2.50 bits per heavy atom. The Morgan fingerprint density at radius 2 is 1.95 bits per heavy atom. The Morgan fingerprint density at radius 1 is 1.30 bits per heavy atom. The van der Waals surface area contributed by atoms with Gasteiger partial charge in [0.25, 0.3) is 0 Å². The molecule has 1 rings (SSSR count). The first kappa shape index (κ1) is 16.9. The molecule has 0 aliphatic carbocycles. The molecular weight excluding hydrogens is 296 g/mol. The van der Waals surface area contributed by atoms with Crippen molar-refractivity contribution in [3.63, 3.8) is 0 Å². The highest BCUT2D eigenvalue weighted by atomic mass is 32.1. The van der Waals surface area contributed by atoms with Crippen LogP contribution in [0.3, 0.4) is 0 Å². The summed E-state index contributed by atoms with van der Waals surface area (Å²) in [4.78, 5) is 11.9. The van der Waals surface area contributed by atoms with Crippen molar-refractivity contribution in [3.05, 3.63) is 29.8 Å². The summed E-state index contributed by atoms with van der Waals surface area (Å²) in [6, 6.07) is 7.26. The van der Waals surface area contributed by atoms with E-state index in [9.17, 15) is 4.79 Å². The number of thiol groups is 1. The van der Waals surface area contributed by atoms with Crippen molar-refractivity contribution in [1.82, 2.24) is 0 Å². The molecule has 0 bridgehead atoms. The van der Waals surface area contributed by atoms with E-state index in [1.165, 1.54) is 0 Å². The molecule has 0 radical (unpaired) electrons.